The van der Waals surface area contributed by atoms with E-state index in [9.17, 15) is 0 Å². The number of para-hydroxylation sites is 1. The van der Waals surface area contributed by atoms with Gasteiger partial charge in [-0.2, -0.15) is 0 Å². The molecule has 58 heavy (non-hydrogen) atoms. The molecule has 2 aromatic heterocycles. The predicted molar refractivity (Wildman–Crippen MR) is 246 cm³/mol. The predicted octanol–water partition coefficient (Wildman–Crippen LogP) is 12.7. The highest BCUT2D eigenvalue weighted by molar-refractivity contribution is 7.03. The van der Waals surface area contributed by atoms with Crippen molar-refractivity contribution in [3.8, 4) is 72.8 Å². The highest BCUT2D eigenvalue weighted by atomic mass is 28.3. The Hall–Kier alpha value is -7.14. The molecule has 3 nitrogen and oxygen atoms in total. The first kappa shape index (κ1) is 34.1. The third-order valence-corrected chi connectivity index (χ3v) is 15.3. The number of nitrogens with zero attached hydrogens (tertiary/aromatic N) is 3. The Kier molecular flexibility index (Phi) is 7.95. The molecule has 1 aliphatic rings. The van der Waals surface area contributed by atoms with Crippen LogP contribution in [0.1, 0.15) is 0 Å². The quantitative estimate of drug-likeness (QED) is 0.158. The normalized spacial score (nSPS) is 12.8. The summed E-state index contributed by atoms with van der Waals surface area (Å²) < 4.78 is 2.40. The van der Waals surface area contributed by atoms with Crippen molar-refractivity contribution < 1.29 is 0 Å². The number of hydrogen-bond donors (Lipinski definition) is 0. The summed E-state index contributed by atoms with van der Waals surface area (Å²) in [5.74, 6) is 0.775. The summed E-state index contributed by atoms with van der Waals surface area (Å²) in [6.45, 7) is 4.84. The van der Waals surface area contributed by atoms with Crippen LogP contribution in [0.15, 0.2) is 200 Å². The summed E-state index contributed by atoms with van der Waals surface area (Å²) in [5, 5.41) is 5.12. The lowest BCUT2D eigenvalue weighted by molar-refractivity contribution is 1.18. The summed E-state index contributed by atoms with van der Waals surface area (Å²) >= 11 is 0. The molecular formula is C54H39N3Si. The zero-order chi connectivity index (χ0) is 38.8. The molecule has 3 heterocycles. The Balaban J connectivity index is 1.06. The first-order chi connectivity index (χ1) is 28.5. The molecule has 0 saturated carbocycles. The number of benzene rings is 8. The van der Waals surface area contributed by atoms with E-state index in [1.165, 1.54) is 65.7 Å². The Bertz CT molecular complexity index is 3180. The van der Waals surface area contributed by atoms with Gasteiger partial charge in [-0.25, -0.2) is 9.97 Å². The van der Waals surface area contributed by atoms with Crippen molar-refractivity contribution in [1.29, 1.82) is 0 Å². The van der Waals surface area contributed by atoms with E-state index in [0.29, 0.717) is 0 Å². The van der Waals surface area contributed by atoms with Crippen molar-refractivity contribution in [2.45, 2.75) is 13.1 Å². The molecule has 0 spiro atoms. The lowest BCUT2D eigenvalue weighted by atomic mass is 9.94. The highest BCUT2D eigenvalue weighted by Crippen LogP contribution is 2.42. The van der Waals surface area contributed by atoms with Crippen molar-refractivity contribution in [3.63, 3.8) is 0 Å². The van der Waals surface area contributed by atoms with Gasteiger partial charge in [0.15, 0.2) is 5.82 Å². The summed E-state index contributed by atoms with van der Waals surface area (Å²) in [5.41, 5.74) is 16.2. The molecule has 10 aromatic rings. The standard InChI is InChI=1S/C54H39N3Si/c1-58(2)49-30-13-12-27-45(49)51-52(37-19-8-4-9-20-37)55-53(56-54(51)58)42-24-15-22-39(34-42)38-21-14-23-41(33-38)44-28-16-29-48-50(44)46-35-40(36-17-6-3-7-18-36)31-32-47(46)57(48)43-25-10-5-11-26-43/h3-35H,1-2H3. The minimum Gasteiger partial charge on any atom is -0.309 e. The Morgan fingerprint density at radius 1 is 0.414 bits per heavy atom. The molecule has 0 aliphatic carbocycles. The van der Waals surface area contributed by atoms with Gasteiger partial charge in [-0.15, -0.1) is 0 Å². The zero-order valence-electron chi connectivity index (χ0n) is 32.4. The molecule has 274 valence electrons. The van der Waals surface area contributed by atoms with Gasteiger partial charge in [0.1, 0.15) is 8.07 Å². The SMILES string of the molecule is C[Si]1(C)c2ccccc2-c2c(-c3ccccc3)nc(-c3cccc(-c4cccc(-c5cccc6c5c5cc(-c7ccccc7)ccc5n6-c5ccccc5)c4)c3)nc21. The first-order valence-electron chi connectivity index (χ1n) is 20.0. The molecular weight excluding hydrogens is 719 g/mol. The van der Waals surface area contributed by atoms with Gasteiger partial charge >= 0.3 is 0 Å². The van der Waals surface area contributed by atoms with Gasteiger partial charge in [0.2, 0.25) is 0 Å². The van der Waals surface area contributed by atoms with Crippen LogP contribution in [0.2, 0.25) is 13.1 Å². The van der Waals surface area contributed by atoms with Crippen molar-refractivity contribution in [1.82, 2.24) is 14.5 Å². The van der Waals surface area contributed by atoms with Crippen LogP contribution >= 0.6 is 0 Å². The van der Waals surface area contributed by atoms with E-state index in [1.54, 1.807) is 0 Å². The smallest absolute Gasteiger partial charge is 0.159 e. The average molecular weight is 758 g/mol. The monoisotopic (exact) mass is 757 g/mol. The largest absolute Gasteiger partial charge is 0.309 e. The molecule has 4 heteroatoms. The third-order valence-electron chi connectivity index (χ3n) is 12.0. The van der Waals surface area contributed by atoms with Gasteiger partial charge in [-0.05, 0) is 86.6 Å². The maximum Gasteiger partial charge on any atom is 0.159 e. The number of rotatable bonds is 6. The first-order valence-corrected chi connectivity index (χ1v) is 23.0. The topological polar surface area (TPSA) is 30.7 Å². The van der Waals surface area contributed by atoms with Crippen molar-refractivity contribution in [3.05, 3.63) is 200 Å². The number of hydrogen-bond acceptors (Lipinski definition) is 2. The van der Waals surface area contributed by atoms with E-state index in [4.69, 9.17) is 9.97 Å². The van der Waals surface area contributed by atoms with E-state index in [2.05, 4.69) is 218 Å². The average Bonchev–Trinajstić information content (AvgIpc) is 3.75. The van der Waals surface area contributed by atoms with Crippen LogP contribution in [0.3, 0.4) is 0 Å². The molecule has 8 aromatic carbocycles. The second-order valence-corrected chi connectivity index (χ2v) is 20.0. The van der Waals surface area contributed by atoms with Crippen LogP contribution in [-0.2, 0) is 0 Å². The van der Waals surface area contributed by atoms with Crippen LogP contribution in [0.25, 0.3) is 94.6 Å². The van der Waals surface area contributed by atoms with E-state index in [1.807, 2.05) is 0 Å². The van der Waals surface area contributed by atoms with Crippen molar-refractivity contribution in [2.24, 2.45) is 0 Å². The maximum atomic E-state index is 5.44. The van der Waals surface area contributed by atoms with Gasteiger partial charge in [0.05, 0.1) is 16.7 Å². The lowest BCUT2D eigenvalue weighted by Crippen LogP contribution is -2.50. The maximum absolute atomic E-state index is 5.44. The molecule has 0 N–H and O–H groups in total. The minimum absolute atomic E-state index is 0.775. The van der Waals surface area contributed by atoms with Crippen LogP contribution in [0.5, 0.6) is 0 Å². The molecule has 1 aliphatic heterocycles. The Labute approximate surface area is 339 Å². The fraction of sp³-hybridized carbons (Fsp3) is 0.0370. The lowest BCUT2D eigenvalue weighted by Gasteiger charge is -2.19. The summed E-state index contributed by atoms with van der Waals surface area (Å²) in [6.07, 6.45) is 0. The fourth-order valence-corrected chi connectivity index (χ4v) is 12.1. The second-order valence-electron chi connectivity index (χ2n) is 15.8. The Morgan fingerprint density at radius 3 is 1.74 bits per heavy atom. The van der Waals surface area contributed by atoms with Gasteiger partial charge < -0.3 is 4.57 Å². The molecule has 0 bridgehead atoms. The Morgan fingerprint density at radius 2 is 0.983 bits per heavy atom. The zero-order valence-corrected chi connectivity index (χ0v) is 33.4. The van der Waals surface area contributed by atoms with Crippen LogP contribution in [0, 0.1) is 0 Å². The third kappa shape index (κ3) is 5.48. The molecule has 0 saturated heterocycles. The molecule has 0 unspecified atom stereocenters. The van der Waals surface area contributed by atoms with E-state index < -0.39 is 8.07 Å². The molecule has 0 atom stereocenters. The summed E-state index contributed by atoms with van der Waals surface area (Å²) in [4.78, 5) is 10.8. The van der Waals surface area contributed by atoms with Crippen molar-refractivity contribution in [2.75, 3.05) is 0 Å². The van der Waals surface area contributed by atoms with Crippen molar-refractivity contribution >= 4 is 40.4 Å². The van der Waals surface area contributed by atoms with Gasteiger partial charge in [0, 0.05) is 38.5 Å². The van der Waals surface area contributed by atoms with Crippen LogP contribution in [0.4, 0.5) is 0 Å². The molecule has 0 amide bonds. The molecule has 11 rings (SSSR count). The summed E-state index contributed by atoms with van der Waals surface area (Å²) in [7, 11) is -2.07. The van der Waals surface area contributed by atoms with Crippen LogP contribution in [-0.4, -0.2) is 22.6 Å². The molecule has 0 fully saturated rings. The fourth-order valence-electron chi connectivity index (χ4n) is 9.16. The molecule has 0 radical (unpaired) electrons. The highest BCUT2D eigenvalue weighted by Gasteiger charge is 2.41. The van der Waals surface area contributed by atoms with Gasteiger partial charge in [-0.1, -0.05) is 171 Å². The van der Waals surface area contributed by atoms with E-state index in [0.717, 1.165) is 39.5 Å². The van der Waals surface area contributed by atoms with Gasteiger partial charge in [0.25, 0.3) is 0 Å². The van der Waals surface area contributed by atoms with Crippen LogP contribution < -0.4 is 10.5 Å². The number of aromatic nitrogens is 3. The van der Waals surface area contributed by atoms with E-state index in [-0.39, 0.29) is 0 Å². The summed E-state index contributed by atoms with van der Waals surface area (Å²) in [6, 6.07) is 72.2. The number of fused-ring (bicyclic) bond motifs is 6. The van der Waals surface area contributed by atoms with E-state index >= 15 is 0 Å². The second kappa shape index (κ2) is 13.5. The minimum atomic E-state index is -2.07. The van der Waals surface area contributed by atoms with Gasteiger partial charge in [-0.3, -0.25) is 0 Å².